The third-order valence-corrected chi connectivity index (χ3v) is 2.22. The van der Waals surface area contributed by atoms with Crippen molar-refractivity contribution in [3.8, 4) is 0 Å². The van der Waals surface area contributed by atoms with Gasteiger partial charge in [0, 0.05) is 0 Å². The summed E-state index contributed by atoms with van der Waals surface area (Å²) < 4.78 is 6.59. The van der Waals surface area contributed by atoms with Crippen molar-refractivity contribution in [2.24, 2.45) is 0 Å². The lowest BCUT2D eigenvalue weighted by atomic mass is 10.3. The average molecular weight is 258 g/mol. The van der Waals surface area contributed by atoms with Crippen LogP contribution < -0.4 is 0 Å². The molecule has 0 radical (unpaired) electrons. The van der Waals surface area contributed by atoms with Crippen molar-refractivity contribution in [1.82, 2.24) is 25.1 Å². The number of hydrogen-bond acceptors (Lipinski definition) is 5. The van der Waals surface area contributed by atoms with Crippen LogP contribution in [0.15, 0.2) is 17.0 Å². The summed E-state index contributed by atoms with van der Waals surface area (Å²) in [4.78, 5) is 4.10. The van der Waals surface area contributed by atoms with Crippen LogP contribution in [-0.4, -0.2) is 25.1 Å². The normalized spacial score (nSPS) is 13.0. The van der Waals surface area contributed by atoms with Gasteiger partial charge in [-0.25, -0.2) is 4.68 Å². The van der Waals surface area contributed by atoms with Gasteiger partial charge < -0.3 is 4.52 Å². The smallest absolute Gasteiger partial charge is 0.248 e. The van der Waals surface area contributed by atoms with Crippen molar-refractivity contribution < 1.29 is 4.52 Å². The van der Waals surface area contributed by atoms with Crippen LogP contribution in [0.1, 0.15) is 23.3 Å². The van der Waals surface area contributed by atoms with Crippen LogP contribution in [-0.2, 0) is 6.54 Å². The highest BCUT2D eigenvalue weighted by Crippen LogP contribution is 2.20. The molecule has 0 saturated heterocycles. The highest BCUT2D eigenvalue weighted by Gasteiger charge is 2.11. The molecular formula is C7H8BrN5O. The lowest BCUT2D eigenvalue weighted by Gasteiger charge is -2.04. The average Bonchev–Trinajstić information content (AvgIpc) is 2.75. The van der Waals surface area contributed by atoms with E-state index in [0.717, 1.165) is 5.69 Å². The number of aromatic nitrogens is 5. The molecule has 0 amide bonds. The lowest BCUT2D eigenvalue weighted by molar-refractivity contribution is 0.361. The van der Waals surface area contributed by atoms with Gasteiger partial charge in [-0.05, 0) is 6.92 Å². The summed E-state index contributed by atoms with van der Waals surface area (Å²) in [6, 6.07) is 0. The van der Waals surface area contributed by atoms with Gasteiger partial charge in [-0.2, -0.15) is 4.98 Å². The minimum atomic E-state index is 0.195. The van der Waals surface area contributed by atoms with E-state index in [9.17, 15) is 0 Å². The monoisotopic (exact) mass is 257 g/mol. The Morgan fingerprint density at radius 2 is 2.50 bits per heavy atom. The topological polar surface area (TPSA) is 69.6 Å². The zero-order valence-corrected chi connectivity index (χ0v) is 9.05. The zero-order valence-electron chi connectivity index (χ0n) is 7.46. The molecule has 6 nitrogen and oxygen atoms in total. The van der Waals surface area contributed by atoms with E-state index in [0.29, 0.717) is 12.4 Å². The molecule has 2 aromatic heterocycles. The molecule has 0 fully saturated rings. The number of alkyl halides is 1. The molecule has 2 aromatic rings. The van der Waals surface area contributed by atoms with E-state index in [1.54, 1.807) is 10.9 Å². The Morgan fingerprint density at radius 1 is 1.64 bits per heavy atom. The summed E-state index contributed by atoms with van der Waals surface area (Å²) >= 11 is 3.45. The molecule has 0 aromatic carbocycles. The summed E-state index contributed by atoms with van der Waals surface area (Å²) in [6.45, 7) is 2.45. The molecule has 0 saturated carbocycles. The molecule has 0 N–H and O–H groups in total. The molecular weight excluding hydrogens is 250 g/mol. The van der Waals surface area contributed by atoms with Gasteiger partial charge in [0.2, 0.25) is 5.89 Å². The highest BCUT2D eigenvalue weighted by molar-refractivity contribution is 9.09. The Labute approximate surface area is 88.4 Å². The van der Waals surface area contributed by atoms with Gasteiger partial charge >= 0.3 is 0 Å². The molecule has 0 spiro atoms. The molecule has 7 heteroatoms. The Hall–Kier alpha value is -1.24. The first-order chi connectivity index (χ1) is 6.77. The van der Waals surface area contributed by atoms with Crippen molar-refractivity contribution in [2.45, 2.75) is 18.3 Å². The molecule has 0 aliphatic carbocycles. The fourth-order valence-corrected chi connectivity index (χ4v) is 1.44. The van der Waals surface area contributed by atoms with Crippen LogP contribution in [0.3, 0.4) is 0 Å². The second-order valence-corrected chi connectivity index (χ2v) is 4.14. The largest absolute Gasteiger partial charge is 0.338 e. The minimum absolute atomic E-state index is 0.195. The highest BCUT2D eigenvalue weighted by atomic mass is 79.9. The Bertz CT molecular complexity index is 396. The summed E-state index contributed by atoms with van der Waals surface area (Å²) in [6.07, 6.45) is 3.07. The summed E-state index contributed by atoms with van der Waals surface area (Å²) in [5.74, 6) is 0.518. The van der Waals surface area contributed by atoms with Gasteiger partial charge in [-0.3, -0.25) is 0 Å². The minimum Gasteiger partial charge on any atom is -0.338 e. The van der Waals surface area contributed by atoms with E-state index in [4.69, 9.17) is 4.52 Å². The summed E-state index contributed by atoms with van der Waals surface area (Å²) in [5.41, 5.74) is 0.975. The van der Waals surface area contributed by atoms with Crippen LogP contribution in [0.5, 0.6) is 0 Å². The fourth-order valence-electron chi connectivity index (χ4n) is 1.09. The Balaban J connectivity index is 2.21. The number of halogens is 1. The van der Waals surface area contributed by atoms with Gasteiger partial charge in [0.25, 0.3) is 0 Å². The maximum atomic E-state index is 4.88. The molecule has 2 heterocycles. The van der Waals surface area contributed by atoms with E-state index in [1.165, 1.54) is 6.33 Å². The van der Waals surface area contributed by atoms with Gasteiger partial charge in [0.05, 0.1) is 16.7 Å². The van der Waals surface area contributed by atoms with Crippen molar-refractivity contribution in [3.05, 3.63) is 24.1 Å². The van der Waals surface area contributed by atoms with E-state index in [2.05, 4.69) is 36.4 Å². The summed E-state index contributed by atoms with van der Waals surface area (Å²) in [5, 5.41) is 11.3. The third kappa shape index (κ3) is 1.82. The lowest BCUT2D eigenvalue weighted by Crippen LogP contribution is -2.06. The number of hydrogen-bond donors (Lipinski definition) is 0. The van der Waals surface area contributed by atoms with E-state index >= 15 is 0 Å². The van der Waals surface area contributed by atoms with Crippen LogP contribution in [0.25, 0.3) is 0 Å². The van der Waals surface area contributed by atoms with Gasteiger partial charge in [-0.1, -0.05) is 26.3 Å². The number of nitrogens with zero attached hydrogens (tertiary/aromatic N) is 5. The number of rotatable bonds is 3. The molecule has 1 atom stereocenters. The van der Waals surface area contributed by atoms with E-state index < -0.39 is 0 Å². The van der Waals surface area contributed by atoms with Gasteiger partial charge in [0.1, 0.15) is 6.54 Å². The Kier molecular flexibility index (Phi) is 2.58. The quantitative estimate of drug-likeness (QED) is 0.773. The van der Waals surface area contributed by atoms with E-state index in [-0.39, 0.29) is 4.83 Å². The van der Waals surface area contributed by atoms with Gasteiger partial charge in [0.15, 0.2) is 6.33 Å². The molecule has 74 valence electrons. The zero-order chi connectivity index (χ0) is 9.97. The van der Waals surface area contributed by atoms with Crippen LogP contribution >= 0.6 is 15.9 Å². The second-order valence-electron chi connectivity index (χ2n) is 2.77. The van der Waals surface area contributed by atoms with Crippen LogP contribution in [0, 0.1) is 0 Å². The van der Waals surface area contributed by atoms with Gasteiger partial charge in [-0.15, -0.1) is 5.10 Å². The Morgan fingerprint density at radius 3 is 3.14 bits per heavy atom. The SMILES string of the molecule is CC(Br)c1cnnn1Cc1ncno1. The van der Waals surface area contributed by atoms with Crippen molar-refractivity contribution in [2.75, 3.05) is 0 Å². The predicted octanol–water partition coefficient (Wildman–Crippen LogP) is 1.17. The first-order valence-corrected chi connectivity index (χ1v) is 4.97. The maximum Gasteiger partial charge on any atom is 0.248 e. The molecule has 1 unspecified atom stereocenters. The molecule has 0 aliphatic rings. The standard InChI is InChI=1S/C7H8BrN5O/c1-5(8)6-2-10-12-13(6)3-7-9-4-11-14-7/h2,4-5H,3H2,1H3. The molecule has 14 heavy (non-hydrogen) atoms. The summed E-state index contributed by atoms with van der Waals surface area (Å²) in [7, 11) is 0. The first-order valence-electron chi connectivity index (χ1n) is 4.05. The van der Waals surface area contributed by atoms with Crippen molar-refractivity contribution in [1.29, 1.82) is 0 Å². The molecule has 2 rings (SSSR count). The van der Waals surface area contributed by atoms with Crippen LogP contribution in [0.2, 0.25) is 0 Å². The second kappa shape index (κ2) is 3.87. The molecule has 0 aliphatic heterocycles. The predicted molar refractivity (Wildman–Crippen MR) is 50.8 cm³/mol. The third-order valence-electron chi connectivity index (χ3n) is 1.75. The fraction of sp³-hybridized carbons (Fsp3) is 0.429. The maximum absolute atomic E-state index is 4.88. The first kappa shape index (κ1) is 9.32. The van der Waals surface area contributed by atoms with Crippen LogP contribution in [0.4, 0.5) is 0 Å². The van der Waals surface area contributed by atoms with E-state index in [1.807, 2.05) is 6.92 Å². The van der Waals surface area contributed by atoms with Crippen molar-refractivity contribution in [3.63, 3.8) is 0 Å². The van der Waals surface area contributed by atoms with Crippen molar-refractivity contribution >= 4 is 15.9 Å². The molecule has 0 bridgehead atoms.